The molecule has 0 spiro atoms. The van der Waals surface area contributed by atoms with E-state index in [2.05, 4.69) is 0 Å². The topological polar surface area (TPSA) is 72.5 Å². The highest BCUT2D eigenvalue weighted by Gasteiger charge is 2.64. The van der Waals surface area contributed by atoms with E-state index in [0.717, 1.165) is 0 Å². The van der Waals surface area contributed by atoms with Crippen LogP contribution in [-0.4, -0.2) is 54.4 Å². The lowest BCUT2D eigenvalue weighted by Crippen LogP contribution is -2.58. The smallest absolute Gasteiger partial charge is 0.302 e. The number of hydrogen-bond donors (Lipinski definition) is 0. The minimum Gasteiger partial charge on any atom is -0.463 e. The van der Waals surface area contributed by atoms with Crippen LogP contribution in [0.25, 0.3) is 0 Å². The van der Waals surface area contributed by atoms with Crippen LogP contribution in [0.4, 0.5) is 0 Å². The number of esters is 1. The summed E-state index contributed by atoms with van der Waals surface area (Å²) < 4.78 is 35.5. The third-order valence-corrected chi connectivity index (χ3v) is 4.54. The summed E-state index contributed by atoms with van der Waals surface area (Å²) in [6.07, 6.45) is 0.113. The van der Waals surface area contributed by atoms with Gasteiger partial charge < -0.3 is 28.4 Å². The third-order valence-electron chi connectivity index (χ3n) is 4.54. The summed E-state index contributed by atoms with van der Waals surface area (Å²) in [5, 5.41) is 0. The highest BCUT2D eigenvalue weighted by Crippen LogP contribution is 2.49. The minimum atomic E-state index is -0.914. The highest BCUT2D eigenvalue weighted by molar-refractivity contribution is 5.66. The summed E-state index contributed by atoms with van der Waals surface area (Å²) in [5.74, 6) is -2.65. The number of ether oxygens (including phenoxy) is 6. The Hall–Kier alpha value is -0.730. The lowest BCUT2D eigenvalue weighted by Gasteiger charge is -2.41. The molecule has 0 radical (unpaired) electrons. The lowest BCUT2D eigenvalue weighted by atomic mass is 9.92. The molecule has 0 bridgehead atoms. The van der Waals surface area contributed by atoms with Gasteiger partial charge >= 0.3 is 5.97 Å². The van der Waals surface area contributed by atoms with Crippen molar-refractivity contribution in [2.24, 2.45) is 0 Å². The molecule has 7 nitrogen and oxygen atoms in total. The van der Waals surface area contributed by atoms with Gasteiger partial charge in [0.25, 0.3) is 0 Å². The second kappa shape index (κ2) is 5.92. The zero-order chi connectivity index (χ0) is 17.8. The normalized spacial score (nSPS) is 40.7. The molecule has 3 heterocycles. The van der Waals surface area contributed by atoms with Gasteiger partial charge in [-0.25, -0.2) is 0 Å². The van der Waals surface area contributed by atoms with Crippen molar-refractivity contribution < 1.29 is 33.2 Å². The molecule has 0 unspecified atom stereocenters. The Bertz CT molecular complexity index is 503. The number of carbonyl (C=O) groups is 1. The molecule has 24 heavy (non-hydrogen) atoms. The summed E-state index contributed by atoms with van der Waals surface area (Å²) in [6.45, 7) is 11.1. The number of rotatable bonds is 4. The van der Waals surface area contributed by atoms with Crippen molar-refractivity contribution in [3.63, 3.8) is 0 Å². The first-order chi connectivity index (χ1) is 11.0. The fourth-order valence-corrected chi connectivity index (χ4v) is 3.81. The maximum Gasteiger partial charge on any atom is 0.302 e. The Morgan fingerprint density at radius 3 is 2.54 bits per heavy atom. The van der Waals surface area contributed by atoms with E-state index in [0.29, 0.717) is 19.4 Å². The molecular weight excluding hydrogens is 316 g/mol. The first kappa shape index (κ1) is 18.1. The summed E-state index contributed by atoms with van der Waals surface area (Å²) in [6, 6.07) is 0. The van der Waals surface area contributed by atoms with Crippen LogP contribution < -0.4 is 0 Å². The van der Waals surface area contributed by atoms with E-state index in [9.17, 15) is 4.79 Å². The van der Waals surface area contributed by atoms with Gasteiger partial charge in [0.15, 0.2) is 11.6 Å². The van der Waals surface area contributed by atoms with Crippen molar-refractivity contribution in [1.82, 2.24) is 0 Å². The van der Waals surface area contributed by atoms with Crippen LogP contribution in [-0.2, 0) is 33.2 Å². The van der Waals surface area contributed by atoms with Crippen LogP contribution in [0.1, 0.15) is 54.4 Å². The van der Waals surface area contributed by atoms with Crippen molar-refractivity contribution >= 4 is 5.97 Å². The lowest BCUT2D eigenvalue weighted by molar-refractivity contribution is -0.285. The van der Waals surface area contributed by atoms with Gasteiger partial charge in [0.2, 0.25) is 5.79 Å². The van der Waals surface area contributed by atoms with Crippen molar-refractivity contribution in [2.75, 3.05) is 6.61 Å². The third kappa shape index (κ3) is 3.46. The molecular formula is C17H28O7. The standard InChI is InChI=1S/C17H28O7/c1-10(20-11(2)18)7-8-17-14(23-16(5,6)24-17)13-12(9-19-17)21-15(3,4)22-13/h10,12-14H,7-9H2,1-6H3/t10-,12-,13-,14+,17+/m1/s1. The second-order valence-electron chi connectivity index (χ2n) is 7.76. The first-order valence-corrected chi connectivity index (χ1v) is 8.57. The quantitative estimate of drug-likeness (QED) is 0.723. The maximum absolute atomic E-state index is 11.1. The molecule has 7 heteroatoms. The zero-order valence-electron chi connectivity index (χ0n) is 15.3. The highest BCUT2D eigenvalue weighted by atomic mass is 16.9. The Labute approximate surface area is 142 Å². The van der Waals surface area contributed by atoms with Crippen molar-refractivity contribution in [3.05, 3.63) is 0 Å². The van der Waals surface area contributed by atoms with Crippen molar-refractivity contribution in [3.8, 4) is 0 Å². The van der Waals surface area contributed by atoms with Crippen molar-refractivity contribution in [2.45, 2.75) is 96.2 Å². The molecule has 3 aliphatic rings. The van der Waals surface area contributed by atoms with E-state index < -0.39 is 23.5 Å². The van der Waals surface area contributed by atoms with Gasteiger partial charge in [-0.2, -0.15) is 0 Å². The largest absolute Gasteiger partial charge is 0.463 e. The fourth-order valence-electron chi connectivity index (χ4n) is 3.81. The Morgan fingerprint density at radius 1 is 1.17 bits per heavy atom. The minimum absolute atomic E-state index is 0.179. The van der Waals surface area contributed by atoms with Crippen LogP contribution in [0, 0.1) is 0 Å². The average molecular weight is 344 g/mol. The van der Waals surface area contributed by atoms with E-state index in [1.165, 1.54) is 6.92 Å². The summed E-state index contributed by atoms with van der Waals surface area (Å²) in [4.78, 5) is 11.1. The van der Waals surface area contributed by atoms with Gasteiger partial charge in [0.1, 0.15) is 18.3 Å². The number of hydrogen-bond acceptors (Lipinski definition) is 7. The van der Waals surface area contributed by atoms with E-state index in [1.54, 1.807) is 0 Å². The molecule has 3 aliphatic heterocycles. The number of fused-ring (bicyclic) bond motifs is 3. The SMILES string of the molecule is CC(=O)O[C@H](C)CC[C@@]12OC[C@H]3OC(C)(C)O[C@H]3[C@@H]1OC(C)(C)O2. The van der Waals surface area contributed by atoms with Crippen LogP contribution in [0.5, 0.6) is 0 Å². The van der Waals surface area contributed by atoms with E-state index in [-0.39, 0.29) is 24.3 Å². The predicted molar refractivity (Wildman–Crippen MR) is 83.0 cm³/mol. The van der Waals surface area contributed by atoms with Gasteiger partial charge in [0, 0.05) is 13.3 Å². The van der Waals surface area contributed by atoms with Crippen LogP contribution in [0.15, 0.2) is 0 Å². The Balaban J connectivity index is 1.76. The Kier molecular flexibility index (Phi) is 4.45. The van der Waals surface area contributed by atoms with E-state index >= 15 is 0 Å². The summed E-state index contributed by atoms with van der Waals surface area (Å²) in [7, 11) is 0. The Morgan fingerprint density at radius 2 is 1.88 bits per heavy atom. The molecule has 0 saturated carbocycles. The summed E-state index contributed by atoms with van der Waals surface area (Å²) in [5.41, 5.74) is 0. The molecule has 3 fully saturated rings. The van der Waals surface area contributed by atoms with E-state index in [4.69, 9.17) is 28.4 Å². The maximum atomic E-state index is 11.1. The van der Waals surface area contributed by atoms with Gasteiger partial charge in [0.05, 0.1) is 12.7 Å². The van der Waals surface area contributed by atoms with Gasteiger partial charge in [-0.15, -0.1) is 0 Å². The molecule has 0 aromatic carbocycles. The first-order valence-electron chi connectivity index (χ1n) is 8.57. The monoisotopic (exact) mass is 344 g/mol. The van der Waals surface area contributed by atoms with Gasteiger partial charge in [-0.1, -0.05) is 0 Å². The van der Waals surface area contributed by atoms with Crippen LogP contribution in [0.3, 0.4) is 0 Å². The number of carbonyl (C=O) groups excluding carboxylic acids is 1. The van der Waals surface area contributed by atoms with Gasteiger partial charge in [-0.3, -0.25) is 4.79 Å². The fraction of sp³-hybridized carbons (Fsp3) is 0.941. The average Bonchev–Trinajstić information content (AvgIpc) is 2.87. The molecule has 0 aromatic heterocycles. The molecule has 0 aliphatic carbocycles. The summed E-state index contributed by atoms with van der Waals surface area (Å²) >= 11 is 0. The van der Waals surface area contributed by atoms with Crippen LogP contribution in [0.2, 0.25) is 0 Å². The van der Waals surface area contributed by atoms with E-state index in [1.807, 2.05) is 34.6 Å². The predicted octanol–water partition coefficient (Wildman–Crippen LogP) is 2.12. The molecule has 0 N–H and O–H groups in total. The zero-order valence-corrected chi connectivity index (χ0v) is 15.3. The van der Waals surface area contributed by atoms with Gasteiger partial charge in [-0.05, 0) is 41.0 Å². The molecule has 0 amide bonds. The molecule has 138 valence electrons. The molecule has 3 rings (SSSR count). The molecule has 5 atom stereocenters. The van der Waals surface area contributed by atoms with Crippen LogP contribution >= 0.6 is 0 Å². The molecule has 3 saturated heterocycles. The van der Waals surface area contributed by atoms with Crippen molar-refractivity contribution in [1.29, 1.82) is 0 Å². The molecule has 0 aromatic rings. The second-order valence-corrected chi connectivity index (χ2v) is 7.76.